The molecule has 29 heavy (non-hydrogen) atoms. The lowest BCUT2D eigenvalue weighted by atomic mass is 10.2. The molecular formula is C22H32N4O3. The minimum atomic E-state index is -0.469. The fraction of sp³-hybridized carbons (Fsp3) is 0.500. The van der Waals surface area contributed by atoms with Gasteiger partial charge in [-0.3, -0.25) is 9.78 Å². The average Bonchev–Trinajstić information content (AvgIpc) is 3.13. The van der Waals surface area contributed by atoms with Crippen LogP contribution in [0, 0.1) is 0 Å². The van der Waals surface area contributed by atoms with Gasteiger partial charge in [0.15, 0.2) is 0 Å². The van der Waals surface area contributed by atoms with Crippen LogP contribution in [0.15, 0.2) is 42.9 Å². The molecule has 7 heteroatoms. The highest BCUT2D eigenvalue weighted by Crippen LogP contribution is 2.09. The number of pyridine rings is 1. The van der Waals surface area contributed by atoms with Crippen LogP contribution in [0.25, 0.3) is 0 Å². The van der Waals surface area contributed by atoms with Gasteiger partial charge in [-0.05, 0) is 63.4 Å². The van der Waals surface area contributed by atoms with Crippen molar-refractivity contribution in [3.05, 3.63) is 54.1 Å². The molecule has 2 heterocycles. The molecule has 0 aliphatic carbocycles. The van der Waals surface area contributed by atoms with Gasteiger partial charge in [0.25, 0.3) is 5.91 Å². The summed E-state index contributed by atoms with van der Waals surface area (Å²) in [6.45, 7) is 7.44. The molecule has 0 saturated heterocycles. The van der Waals surface area contributed by atoms with Crippen LogP contribution in [0.2, 0.25) is 0 Å². The molecule has 2 aromatic rings. The lowest BCUT2D eigenvalue weighted by molar-refractivity contribution is 0.0526. The molecule has 0 atom stereocenters. The fourth-order valence-electron chi connectivity index (χ4n) is 2.85. The summed E-state index contributed by atoms with van der Waals surface area (Å²) in [6.07, 6.45) is 8.93. The van der Waals surface area contributed by atoms with Gasteiger partial charge in [0, 0.05) is 38.2 Å². The fourth-order valence-corrected chi connectivity index (χ4v) is 2.85. The molecule has 2 amide bonds. The van der Waals surface area contributed by atoms with Crippen molar-refractivity contribution in [1.82, 2.24) is 20.2 Å². The zero-order valence-corrected chi connectivity index (χ0v) is 17.6. The molecule has 0 bridgehead atoms. The Hall–Kier alpha value is -2.83. The van der Waals surface area contributed by atoms with E-state index in [1.54, 1.807) is 12.4 Å². The van der Waals surface area contributed by atoms with Crippen molar-refractivity contribution in [2.75, 3.05) is 6.54 Å². The van der Waals surface area contributed by atoms with Crippen LogP contribution < -0.4 is 10.6 Å². The van der Waals surface area contributed by atoms with E-state index in [9.17, 15) is 9.59 Å². The van der Waals surface area contributed by atoms with Gasteiger partial charge < -0.3 is 19.9 Å². The van der Waals surface area contributed by atoms with Gasteiger partial charge >= 0.3 is 6.09 Å². The SMILES string of the molecule is CC(C)(C)OC(=O)NCCCCCCn1cccc1C(=O)NCc1ccncc1. The van der Waals surface area contributed by atoms with Crippen molar-refractivity contribution < 1.29 is 14.3 Å². The Morgan fingerprint density at radius 2 is 1.76 bits per heavy atom. The van der Waals surface area contributed by atoms with Crippen LogP contribution in [-0.4, -0.2) is 33.7 Å². The summed E-state index contributed by atoms with van der Waals surface area (Å²) in [5, 5.41) is 5.72. The summed E-state index contributed by atoms with van der Waals surface area (Å²) in [4.78, 5) is 28.0. The maximum atomic E-state index is 12.4. The summed E-state index contributed by atoms with van der Waals surface area (Å²) in [6, 6.07) is 7.51. The number of rotatable bonds is 10. The lowest BCUT2D eigenvalue weighted by Gasteiger charge is -2.19. The molecule has 0 spiro atoms. The Balaban J connectivity index is 1.62. The van der Waals surface area contributed by atoms with E-state index in [0.717, 1.165) is 37.8 Å². The van der Waals surface area contributed by atoms with Crippen LogP contribution in [0.3, 0.4) is 0 Å². The molecule has 158 valence electrons. The number of hydrogen-bond acceptors (Lipinski definition) is 4. The van der Waals surface area contributed by atoms with E-state index in [4.69, 9.17) is 4.74 Å². The Labute approximate surface area is 172 Å². The van der Waals surface area contributed by atoms with Gasteiger partial charge in [0.2, 0.25) is 0 Å². The first-order valence-corrected chi connectivity index (χ1v) is 10.1. The van der Waals surface area contributed by atoms with Crippen LogP contribution in [0.5, 0.6) is 0 Å². The second-order valence-electron chi connectivity index (χ2n) is 7.97. The van der Waals surface area contributed by atoms with Crippen LogP contribution in [-0.2, 0) is 17.8 Å². The third kappa shape index (κ3) is 8.81. The van der Waals surface area contributed by atoms with Gasteiger partial charge in [-0.1, -0.05) is 12.8 Å². The normalized spacial score (nSPS) is 11.1. The number of nitrogens with one attached hydrogen (secondary N) is 2. The van der Waals surface area contributed by atoms with E-state index in [1.165, 1.54) is 0 Å². The molecule has 2 N–H and O–H groups in total. The van der Waals surface area contributed by atoms with Gasteiger partial charge in [0.05, 0.1) is 0 Å². The first kappa shape index (κ1) is 22.5. The topological polar surface area (TPSA) is 85.2 Å². The number of hydrogen-bond donors (Lipinski definition) is 2. The van der Waals surface area contributed by atoms with Gasteiger partial charge in [-0.25, -0.2) is 4.79 Å². The molecule has 0 fully saturated rings. The Kier molecular flexibility index (Phi) is 8.70. The number of carbonyl (C=O) groups excluding carboxylic acids is 2. The van der Waals surface area contributed by atoms with E-state index >= 15 is 0 Å². The monoisotopic (exact) mass is 400 g/mol. The molecule has 0 radical (unpaired) electrons. The highest BCUT2D eigenvalue weighted by molar-refractivity contribution is 5.92. The summed E-state index contributed by atoms with van der Waals surface area (Å²) < 4.78 is 7.19. The van der Waals surface area contributed by atoms with Gasteiger partial charge in [-0.15, -0.1) is 0 Å². The van der Waals surface area contributed by atoms with E-state index in [1.807, 2.05) is 55.8 Å². The van der Waals surface area contributed by atoms with Crippen molar-refractivity contribution in [1.29, 1.82) is 0 Å². The number of amides is 2. The quantitative estimate of drug-likeness (QED) is 0.593. The Morgan fingerprint density at radius 1 is 1.03 bits per heavy atom. The van der Waals surface area contributed by atoms with E-state index in [-0.39, 0.29) is 12.0 Å². The maximum Gasteiger partial charge on any atom is 0.407 e. The standard InChI is InChI=1S/C22H32N4O3/c1-22(2,3)29-21(28)24-12-6-4-5-7-15-26-16-8-9-19(26)20(27)25-17-18-10-13-23-14-11-18/h8-11,13-14,16H,4-7,12,15,17H2,1-3H3,(H,24,28)(H,25,27). The predicted molar refractivity (Wildman–Crippen MR) is 113 cm³/mol. The van der Waals surface area contributed by atoms with Crippen LogP contribution in [0.1, 0.15) is 62.5 Å². The Bertz CT molecular complexity index is 766. The van der Waals surface area contributed by atoms with Crippen molar-refractivity contribution >= 4 is 12.0 Å². The molecule has 2 aromatic heterocycles. The molecule has 0 aliphatic heterocycles. The minimum absolute atomic E-state index is 0.0756. The molecule has 0 aliphatic rings. The molecule has 0 aromatic carbocycles. The largest absolute Gasteiger partial charge is 0.444 e. The summed E-state index contributed by atoms with van der Waals surface area (Å²) in [5.74, 6) is -0.0756. The Morgan fingerprint density at radius 3 is 2.48 bits per heavy atom. The van der Waals surface area contributed by atoms with Crippen molar-refractivity contribution in [3.63, 3.8) is 0 Å². The highest BCUT2D eigenvalue weighted by atomic mass is 16.6. The highest BCUT2D eigenvalue weighted by Gasteiger charge is 2.15. The van der Waals surface area contributed by atoms with Crippen molar-refractivity contribution in [3.8, 4) is 0 Å². The number of carbonyl (C=O) groups is 2. The number of aromatic nitrogens is 2. The molecule has 0 saturated carbocycles. The minimum Gasteiger partial charge on any atom is -0.444 e. The van der Waals surface area contributed by atoms with Crippen molar-refractivity contribution in [2.45, 2.75) is 65.1 Å². The van der Waals surface area contributed by atoms with Crippen LogP contribution >= 0.6 is 0 Å². The number of ether oxygens (including phenoxy) is 1. The van der Waals surface area contributed by atoms with Crippen LogP contribution in [0.4, 0.5) is 4.79 Å². The molecular weight excluding hydrogens is 368 g/mol. The third-order valence-corrected chi connectivity index (χ3v) is 4.26. The molecule has 2 rings (SSSR count). The summed E-state index contributed by atoms with van der Waals surface area (Å²) in [7, 11) is 0. The van der Waals surface area contributed by atoms with Gasteiger partial charge in [-0.2, -0.15) is 0 Å². The van der Waals surface area contributed by atoms with E-state index in [0.29, 0.717) is 18.8 Å². The maximum absolute atomic E-state index is 12.4. The zero-order valence-electron chi connectivity index (χ0n) is 17.6. The summed E-state index contributed by atoms with van der Waals surface area (Å²) in [5.41, 5.74) is 1.22. The lowest BCUT2D eigenvalue weighted by Crippen LogP contribution is -2.32. The second kappa shape index (κ2) is 11.2. The average molecular weight is 401 g/mol. The first-order chi connectivity index (χ1) is 13.8. The smallest absolute Gasteiger partial charge is 0.407 e. The predicted octanol–water partition coefficient (Wildman–Crippen LogP) is 3.90. The third-order valence-electron chi connectivity index (χ3n) is 4.26. The number of unbranched alkanes of at least 4 members (excludes halogenated alkanes) is 3. The number of nitrogens with zero attached hydrogens (tertiary/aromatic N) is 2. The number of aryl methyl sites for hydroxylation is 1. The van der Waals surface area contributed by atoms with E-state index < -0.39 is 5.60 Å². The van der Waals surface area contributed by atoms with E-state index in [2.05, 4.69) is 15.6 Å². The number of alkyl carbamates (subject to hydrolysis) is 1. The first-order valence-electron chi connectivity index (χ1n) is 10.1. The molecule has 7 nitrogen and oxygen atoms in total. The second-order valence-corrected chi connectivity index (χ2v) is 7.97. The zero-order chi connectivity index (χ0) is 21.1. The molecule has 0 unspecified atom stereocenters. The summed E-state index contributed by atoms with van der Waals surface area (Å²) >= 11 is 0. The van der Waals surface area contributed by atoms with Crippen molar-refractivity contribution in [2.24, 2.45) is 0 Å². The van der Waals surface area contributed by atoms with Gasteiger partial charge in [0.1, 0.15) is 11.3 Å².